The highest BCUT2D eigenvalue weighted by Crippen LogP contribution is 2.26. The van der Waals surface area contributed by atoms with Crippen LogP contribution in [-0.2, 0) is 10.0 Å². The number of hydrogen-bond acceptors (Lipinski definition) is 5. The first kappa shape index (κ1) is 19.2. The fourth-order valence-electron chi connectivity index (χ4n) is 2.30. The Balaban J connectivity index is 1.95. The van der Waals surface area contributed by atoms with E-state index in [1.165, 1.54) is 37.0 Å². The van der Waals surface area contributed by atoms with Crippen molar-refractivity contribution < 1.29 is 13.2 Å². The van der Waals surface area contributed by atoms with Crippen LogP contribution in [0.5, 0.6) is 0 Å². The van der Waals surface area contributed by atoms with Gasteiger partial charge in [0.25, 0.3) is 5.91 Å². The SMILES string of the molecule is CN(C)S(=O)(=O)c1cc(C(=O)Nc2cccnc2-n2cccn2)ccc1Br. The van der Waals surface area contributed by atoms with E-state index in [1.807, 2.05) is 0 Å². The Hall–Kier alpha value is -2.56. The van der Waals surface area contributed by atoms with Crippen molar-refractivity contribution in [3.8, 4) is 5.82 Å². The fraction of sp³-hybridized carbons (Fsp3) is 0.118. The minimum absolute atomic E-state index is 0.0126. The maximum Gasteiger partial charge on any atom is 0.255 e. The largest absolute Gasteiger partial charge is 0.319 e. The Bertz CT molecular complexity index is 1080. The average Bonchev–Trinajstić information content (AvgIpc) is 3.16. The molecule has 0 atom stereocenters. The number of sulfonamides is 1. The van der Waals surface area contributed by atoms with E-state index in [2.05, 4.69) is 31.3 Å². The van der Waals surface area contributed by atoms with Crippen molar-refractivity contribution in [2.45, 2.75) is 4.90 Å². The molecule has 0 aliphatic heterocycles. The van der Waals surface area contributed by atoms with E-state index in [0.717, 1.165) is 4.31 Å². The average molecular weight is 450 g/mol. The maximum absolute atomic E-state index is 12.7. The third kappa shape index (κ3) is 3.92. The van der Waals surface area contributed by atoms with Gasteiger partial charge in [0.1, 0.15) is 0 Å². The van der Waals surface area contributed by atoms with Crippen molar-refractivity contribution in [1.82, 2.24) is 19.1 Å². The van der Waals surface area contributed by atoms with E-state index >= 15 is 0 Å². The summed E-state index contributed by atoms with van der Waals surface area (Å²) in [5.74, 6) is -0.00629. The molecule has 1 N–H and O–H groups in total. The van der Waals surface area contributed by atoms with E-state index in [4.69, 9.17) is 0 Å². The number of aromatic nitrogens is 3. The molecule has 1 amide bonds. The Kier molecular flexibility index (Phi) is 5.40. The third-order valence-corrected chi connectivity index (χ3v) is 6.52. The van der Waals surface area contributed by atoms with E-state index in [1.54, 1.807) is 36.8 Å². The van der Waals surface area contributed by atoms with Crippen molar-refractivity contribution in [2.75, 3.05) is 19.4 Å². The molecule has 8 nitrogen and oxygen atoms in total. The second-order valence-corrected chi connectivity index (χ2v) is 8.69. The summed E-state index contributed by atoms with van der Waals surface area (Å²) >= 11 is 3.23. The Morgan fingerprint density at radius 3 is 2.63 bits per heavy atom. The van der Waals surface area contributed by atoms with Gasteiger partial charge in [0.15, 0.2) is 5.82 Å². The minimum atomic E-state index is -3.70. The second kappa shape index (κ2) is 7.59. The lowest BCUT2D eigenvalue weighted by molar-refractivity contribution is 0.102. The summed E-state index contributed by atoms with van der Waals surface area (Å²) in [5, 5.41) is 6.87. The van der Waals surface area contributed by atoms with E-state index in [9.17, 15) is 13.2 Å². The van der Waals surface area contributed by atoms with Crippen molar-refractivity contribution >= 4 is 37.5 Å². The number of pyridine rings is 1. The van der Waals surface area contributed by atoms with Crippen LogP contribution in [0.4, 0.5) is 5.69 Å². The quantitative estimate of drug-likeness (QED) is 0.645. The molecule has 2 heterocycles. The third-order valence-electron chi connectivity index (χ3n) is 3.71. The van der Waals surface area contributed by atoms with Gasteiger partial charge in [-0.3, -0.25) is 4.79 Å². The van der Waals surface area contributed by atoms with E-state index < -0.39 is 15.9 Å². The molecule has 0 saturated heterocycles. The molecule has 2 aromatic heterocycles. The zero-order valence-corrected chi connectivity index (χ0v) is 16.9. The van der Waals surface area contributed by atoms with Crippen molar-refractivity contribution in [1.29, 1.82) is 0 Å². The van der Waals surface area contributed by atoms with E-state index in [-0.39, 0.29) is 10.5 Å². The van der Waals surface area contributed by atoms with Gasteiger partial charge in [-0.2, -0.15) is 5.10 Å². The van der Waals surface area contributed by atoms with Crippen LogP contribution < -0.4 is 5.32 Å². The number of halogens is 1. The molecule has 27 heavy (non-hydrogen) atoms. The lowest BCUT2D eigenvalue weighted by Gasteiger charge is -2.14. The van der Waals surface area contributed by atoms with Gasteiger partial charge in [-0.25, -0.2) is 22.4 Å². The van der Waals surface area contributed by atoms with Gasteiger partial charge in [0.2, 0.25) is 10.0 Å². The van der Waals surface area contributed by atoms with Crippen LogP contribution in [-0.4, -0.2) is 47.5 Å². The van der Waals surface area contributed by atoms with Gasteiger partial charge < -0.3 is 5.32 Å². The normalized spacial score (nSPS) is 11.6. The summed E-state index contributed by atoms with van der Waals surface area (Å²) in [4.78, 5) is 17.0. The van der Waals surface area contributed by atoms with Crippen LogP contribution in [0.15, 0.2) is 64.4 Å². The zero-order valence-electron chi connectivity index (χ0n) is 14.5. The van der Waals surface area contributed by atoms with Gasteiger partial charge in [0.05, 0.1) is 10.6 Å². The molecule has 140 valence electrons. The highest BCUT2D eigenvalue weighted by Gasteiger charge is 2.22. The van der Waals surface area contributed by atoms with Crippen LogP contribution in [0.3, 0.4) is 0 Å². The lowest BCUT2D eigenvalue weighted by atomic mass is 10.2. The highest BCUT2D eigenvalue weighted by atomic mass is 79.9. The molecule has 0 saturated carbocycles. The Morgan fingerprint density at radius 1 is 1.19 bits per heavy atom. The topological polar surface area (TPSA) is 97.2 Å². The summed E-state index contributed by atoms with van der Waals surface area (Å²) in [6.07, 6.45) is 4.90. The van der Waals surface area contributed by atoms with E-state index in [0.29, 0.717) is 16.0 Å². The Labute approximate surface area is 165 Å². The number of carbonyl (C=O) groups is 1. The number of amides is 1. The lowest BCUT2D eigenvalue weighted by Crippen LogP contribution is -2.23. The molecule has 0 fully saturated rings. The first-order valence-corrected chi connectivity index (χ1v) is 10.0. The minimum Gasteiger partial charge on any atom is -0.319 e. The number of nitrogens with zero attached hydrogens (tertiary/aromatic N) is 4. The fourth-order valence-corrected chi connectivity index (χ4v) is 4.15. The number of nitrogens with one attached hydrogen (secondary N) is 1. The molecule has 1 aromatic carbocycles. The molecule has 10 heteroatoms. The molecule has 3 aromatic rings. The predicted octanol–water partition coefficient (Wildman–Crippen LogP) is 2.53. The van der Waals surface area contributed by atoms with Crippen LogP contribution in [0, 0.1) is 0 Å². The van der Waals surface area contributed by atoms with Gasteiger partial charge in [-0.1, -0.05) is 0 Å². The van der Waals surface area contributed by atoms with Crippen LogP contribution >= 0.6 is 15.9 Å². The smallest absolute Gasteiger partial charge is 0.255 e. The number of anilines is 1. The molecule has 0 unspecified atom stereocenters. The van der Waals surface area contributed by atoms with Crippen molar-refractivity contribution in [3.05, 3.63) is 65.0 Å². The molecule has 0 aliphatic rings. The Morgan fingerprint density at radius 2 is 1.96 bits per heavy atom. The summed E-state index contributed by atoms with van der Waals surface area (Å²) in [6, 6.07) is 9.53. The molecule has 0 bridgehead atoms. The highest BCUT2D eigenvalue weighted by molar-refractivity contribution is 9.10. The number of benzene rings is 1. The molecule has 0 radical (unpaired) electrons. The van der Waals surface area contributed by atoms with Gasteiger partial charge >= 0.3 is 0 Å². The second-order valence-electron chi connectivity index (χ2n) is 5.71. The van der Waals surface area contributed by atoms with Crippen LogP contribution in [0.1, 0.15) is 10.4 Å². The summed E-state index contributed by atoms with van der Waals surface area (Å²) in [5.41, 5.74) is 0.653. The van der Waals surface area contributed by atoms with Gasteiger partial charge in [0, 0.05) is 42.7 Å². The first-order valence-electron chi connectivity index (χ1n) is 7.79. The molecule has 0 spiro atoms. The number of hydrogen-bond donors (Lipinski definition) is 1. The predicted molar refractivity (Wildman–Crippen MR) is 104 cm³/mol. The molecule has 0 aliphatic carbocycles. The van der Waals surface area contributed by atoms with Crippen molar-refractivity contribution in [3.63, 3.8) is 0 Å². The first-order chi connectivity index (χ1) is 12.8. The monoisotopic (exact) mass is 449 g/mol. The van der Waals surface area contributed by atoms with Crippen LogP contribution in [0.25, 0.3) is 5.82 Å². The zero-order chi connectivity index (χ0) is 19.6. The number of carbonyl (C=O) groups excluding carboxylic acids is 1. The van der Waals surface area contributed by atoms with Gasteiger partial charge in [-0.15, -0.1) is 0 Å². The number of rotatable bonds is 5. The van der Waals surface area contributed by atoms with Crippen LogP contribution in [0.2, 0.25) is 0 Å². The maximum atomic E-state index is 12.7. The van der Waals surface area contributed by atoms with Crippen molar-refractivity contribution in [2.24, 2.45) is 0 Å². The molecular weight excluding hydrogens is 434 g/mol. The molecular formula is C17H16BrN5O3S. The standard InChI is InChI=1S/C17H16BrN5O3S/c1-22(2)27(25,26)15-11-12(6-7-13(15)18)17(24)21-14-5-3-8-19-16(14)23-10-4-9-20-23/h3-11H,1-2H3,(H,21,24). The summed E-state index contributed by atoms with van der Waals surface area (Å²) < 4.78 is 27.9. The molecule has 3 rings (SSSR count). The summed E-state index contributed by atoms with van der Waals surface area (Å²) in [7, 11) is -0.838. The summed E-state index contributed by atoms with van der Waals surface area (Å²) in [6.45, 7) is 0. The van der Waals surface area contributed by atoms with Gasteiger partial charge in [-0.05, 0) is 52.3 Å².